The lowest BCUT2D eigenvalue weighted by Gasteiger charge is -2.07. The Morgan fingerprint density at radius 3 is 2.43 bits per heavy atom. The van der Waals surface area contributed by atoms with Gasteiger partial charge in [0.25, 0.3) is 0 Å². The van der Waals surface area contributed by atoms with Crippen LogP contribution in [0.5, 0.6) is 11.5 Å². The Morgan fingerprint density at radius 2 is 1.76 bits per heavy atom. The van der Waals surface area contributed by atoms with E-state index in [1.807, 2.05) is 30.3 Å². The number of esters is 1. The standard InChI is InChI=1S/C17H18O4/c1-20-14-5-3-4-12(10-14)6-7-13-8-9-16(18)15(11-13)17(19)21-2/h3-5,8-11,18H,6-7H2,1-2H3. The molecule has 0 aliphatic carbocycles. The van der Waals surface area contributed by atoms with E-state index in [-0.39, 0.29) is 11.3 Å². The maximum absolute atomic E-state index is 11.5. The minimum atomic E-state index is -0.532. The number of methoxy groups -OCH3 is 2. The summed E-state index contributed by atoms with van der Waals surface area (Å²) in [4.78, 5) is 11.5. The lowest BCUT2D eigenvalue weighted by atomic mass is 10.0. The molecule has 0 bridgehead atoms. The second kappa shape index (κ2) is 6.79. The molecule has 110 valence electrons. The number of hydrogen-bond acceptors (Lipinski definition) is 4. The average molecular weight is 286 g/mol. The van der Waals surface area contributed by atoms with Crippen LogP contribution in [0.2, 0.25) is 0 Å². The van der Waals surface area contributed by atoms with E-state index < -0.39 is 5.97 Å². The van der Waals surface area contributed by atoms with Crippen molar-refractivity contribution >= 4 is 5.97 Å². The van der Waals surface area contributed by atoms with E-state index in [0.29, 0.717) is 0 Å². The van der Waals surface area contributed by atoms with E-state index in [2.05, 4.69) is 4.74 Å². The van der Waals surface area contributed by atoms with Crippen molar-refractivity contribution in [2.45, 2.75) is 12.8 Å². The highest BCUT2D eigenvalue weighted by Gasteiger charge is 2.12. The van der Waals surface area contributed by atoms with E-state index in [1.54, 1.807) is 13.2 Å². The summed E-state index contributed by atoms with van der Waals surface area (Å²) in [5, 5.41) is 9.67. The quantitative estimate of drug-likeness (QED) is 0.859. The highest BCUT2D eigenvalue weighted by atomic mass is 16.5. The van der Waals surface area contributed by atoms with E-state index in [1.165, 1.54) is 13.2 Å². The zero-order valence-electron chi connectivity index (χ0n) is 12.1. The summed E-state index contributed by atoms with van der Waals surface area (Å²) < 4.78 is 9.84. The zero-order valence-corrected chi connectivity index (χ0v) is 12.1. The smallest absolute Gasteiger partial charge is 0.341 e. The molecule has 0 unspecified atom stereocenters. The predicted octanol–water partition coefficient (Wildman–Crippen LogP) is 2.97. The van der Waals surface area contributed by atoms with Gasteiger partial charge in [0.15, 0.2) is 0 Å². The minimum absolute atomic E-state index is 0.0630. The normalized spacial score (nSPS) is 10.2. The van der Waals surface area contributed by atoms with Gasteiger partial charge in [0.05, 0.1) is 14.2 Å². The van der Waals surface area contributed by atoms with Gasteiger partial charge in [-0.05, 0) is 48.2 Å². The molecule has 0 heterocycles. The first-order chi connectivity index (χ1) is 10.1. The van der Waals surface area contributed by atoms with Crippen LogP contribution in [0.3, 0.4) is 0 Å². The maximum Gasteiger partial charge on any atom is 0.341 e. The van der Waals surface area contributed by atoms with Gasteiger partial charge in [0.1, 0.15) is 17.1 Å². The number of aryl methyl sites for hydroxylation is 2. The van der Waals surface area contributed by atoms with Gasteiger partial charge in [0.2, 0.25) is 0 Å². The maximum atomic E-state index is 11.5. The first-order valence-electron chi connectivity index (χ1n) is 6.67. The third kappa shape index (κ3) is 3.75. The number of rotatable bonds is 5. The molecule has 2 rings (SSSR count). The van der Waals surface area contributed by atoms with Gasteiger partial charge in [-0.15, -0.1) is 0 Å². The Kier molecular flexibility index (Phi) is 4.82. The second-order valence-electron chi connectivity index (χ2n) is 4.69. The van der Waals surface area contributed by atoms with Gasteiger partial charge in [-0.25, -0.2) is 4.79 Å². The lowest BCUT2D eigenvalue weighted by molar-refractivity contribution is 0.0597. The van der Waals surface area contributed by atoms with Crippen LogP contribution in [0.1, 0.15) is 21.5 Å². The molecular formula is C17H18O4. The summed E-state index contributed by atoms with van der Waals surface area (Å²) in [7, 11) is 2.94. The molecule has 0 spiro atoms. The molecule has 0 aliphatic rings. The van der Waals surface area contributed by atoms with Gasteiger partial charge < -0.3 is 14.6 Å². The molecule has 1 N–H and O–H groups in total. The molecule has 4 nitrogen and oxygen atoms in total. The number of aromatic hydroxyl groups is 1. The fraction of sp³-hybridized carbons (Fsp3) is 0.235. The van der Waals surface area contributed by atoms with Gasteiger partial charge in [0, 0.05) is 0 Å². The third-order valence-electron chi connectivity index (χ3n) is 3.30. The topological polar surface area (TPSA) is 55.8 Å². The molecule has 4 heteroatoms. The summed E-state index contributed by atoms with van der Waals surface area (Å²) in [5.74, 6) is 0.233. The SMILES string of the molecule is COC(=O)c1cc(CCc2cccc(OC)c2)ccc1O. The monoisotopic (exact) mass is 286 g/mol. The first kappa shape index (κ1) is 14.9. The third-order valence-corrected chi connectivity index (χ3v) is 3.30. The molecule has 0 fully saturated rings. The Morgan fingerprint density at radius 1 is 1.05 bits per heavy atom. The molecule has 0 saturated carbocycles. The molecule has 0 aliphatic heterocycles. The molecular weight excluding hydrogens is 268 g/mol. The van der Waals surface area contributed by atoms with Gasteiger partial charge in [-0.3, -0.25) is 0 Å². The fourth-order valence-corrected chi connectivity index (χ4v) is 2.13. The van der Waals surface area contributed by atoms with Crippen molar-refractivity contribution in [3.05, 3.63) is 59.2 Å². The van der Waals surface area contributed by atoms with Crippen molar-refractivity contribution < 1.29 is 19.4 Å². The Bertz CT molecular complexity index is 634. The van der Waals surface area contributed by atoms with Crippen LogP contribution < -0.4 is 4.74 Å². The highest BCUT2D eigenvalue weighted by Crippen LogP contribution is 2.21. The molecule has 0 radical (unpaired) electrons. The number of phenols is 1. The molecule has 0 amide bonds. The van der Waals surface area contributed by atoms with E-state index >= 15 is 0 Å². The van der Waals surface area contributed by atoms with Gasteiger partial charge >= 0.3 is 5.97 Å². The van der Waals surface area contributed by atoms with Crippen LogP contribution in [0.25, 0.3) is 0 Å². The average Bonchev–Trinajstić information content (AvgIpc) is 2.53. The number of phenolic OH excluding ortho intramolecular Hbond substituents is 1. The molecule has 2 aromatic rings. The summed E-state index contributed by atoms with van der Waals surface area (Å²) in [6, 6.07) is 12.9. The van der Waals surface area contributed by atoms with Crippen LogP contribution in [0.15, 0.2) is 42.5 Å². The fourth-order valence-electron chi connectivity index (χ4n) is 2.13. The summed E-state index contributed by atoms with van der Waals surface area (Å²) in [6.45, 7) is 0. The van der Waals surface area contributed by atoms with E-state index in [9.17, 15) is 9.90 Å². The summed E-state index contributed by atoms with van der Waals surface area (Å²) in [6.07, 6.45) is 1.58. The summed E-state index contributed by atoms with van der Waals surface area (Å²) >= 11 is 0. The molecule has 0 aromatic heterocycles. The highest BCUT2D eigenvalue weighted by molar-refractivity contribution is 5.92. The number of carbonyl (C=O) groups excluding carboxylic acids is 1. The molecule has 2 aromatic carbocycles. The largest absolute Gasteiger partial charge is 0.507 e. The molecule has 0 saturated heterocycles. The predicted molar refractivity (Wildman–Crippen MR) is 79.8 cm³/mol. The van der Waals surface area contributed by atoms with Crippen LogP contribution >= 0.6 is 0 Å². The van der Waals surface area contributed by atoms with Crippen LogP contribution in [0.4, 0.5) is 0 Å². The van der Waals surface area contributed by atoms with Crippen molar-refractivity contribution in [2.24, 2.45) is 0 Å². The number of ether oxygens (including phenoxy) is 2. The van der Waals surface area contributed by atoms with Crippen molar-refractivity contribution in [2.75, 3.05) is 14.2 Å². The zero-order chi connectivity index (χ0) is 15.2. The van der Waals surface area contributed by atoms with Crippen molar-refractivity contribution in [3.63, 3.8) is 0 Å². The van der Waals surface area contributed by atoms with Crippen LogP contribution in [-0.2, 0) is 17.6 Å². The van der Waals surface area contributed by atoms with E-state index in [4.69, 9.17) is 4.74 Å². The van der Waals surface area contributed by atoms with E-state index in [0.717, 1.165) is 29.7 Å². The Balaban J connectivity index is 2.11. The van der Waals surface area contributed by atoms with Crippen molar-refractivity contribution in [1.29, 1.82) is 0 Å². The lowest BCUT2D eigenvalue weighted by Crippen LogP contribution is -2.03. The number of carbonyl (C=O) groups is 1. The van der Waals surface area contributed by atoms with Crippen molar-refractivity contribution in [1.82, 2.24) is 0 Å². The van der Waals surface area contributed by atoms with Crippen molar-refractivity contribution in [3.8, 4) is 11.5 Å². The van der Waals surface area contributed by atoms with Gasteiger partial charge in [-0.2, -0.15) is 0 Å². The first-order valence-corrected chi connectivity index (χ1v) is 6.67. The molecule has 0 atom stereocenters. The second-order valence-corrected chi connectivity index (χ2v) is 4.69. The Labute approximate surface area is 123 Å². The van der Waals surface area contributed by atoms with Crippen LogP contribution in [-0.4, -0.2) is 25.3 Å². The molecule has 21 heavy (non-hydrogen) atoms. The van der Waals surface area contributed by atoms with Crippen LogP contribution in [0, 0.1) is 0 Å². The number of hydrogen-bond donors (Lipinski definition) is 1. The minimum Gasteiger partial charge on any atom is -0.507 e. The number of benzene rings is 2. The van der Waals surface area contributed by atoms with Gasteiger partial charge in [-0.1, -0.05) is 18.2 Å². The Hall–Kier alpha value is -2.49. The summed E-state index contributed by atoms with van der Waals surface area (Å²) in [5.41, 5.74) is 2.32.